The summed E-state index contributed by atoms with van der Waals surface area (Å²) < 4.78 is 24.9. The number of nitrogens with zero attached hydrogens (tertiary/aromatic N) is 1. The highest BCUT2D eigenvalue weighted by atomic mass is 32.2. The topological polar surface area (TPSA) is 76.1 Å². The van der Waals surface area contributed by atoms with Gasteiger partial charge in [0.1, 0.15) is 5.25 Å². The molecular formula is C16H28N2O3S2. The van der Waals surface area contributed by atoms with Crippen LogP contribution in [0.4, 0.5) is 0 Å². The van der Waals surface area contributed by atoms with Crippen molar-refractivity contribution in [2.75, 3.05) is 0 Å². The first-order valence-electron chi connectivity index (χ1n) is 8.08. The van der Waals surface area contributed by atoms with E-state index in [4.69, 9.17) is 0 Å². The molecule has 1 heterocycles. The summed E-state index contributed by atoms with van der Waals surface area (Å²) in [5.41, 5.74) is 0.130. The number of aryl methyl sites for hydroxylation is 1. The molecule has 1 unspecified atom stereocenters. The van der Waals surface area contributed by atoms with Gasteiger partial charge >= 0.3 is 0 Å². The number of sulfone groups is 1. The largest absolute Gasteiger partial charge is 0.350 e. The van der Waals surface area contributed by atoms with Crippen molar-refractivity contribution in [1.29, 1.82) is 0 Å². The summed E-state index contributed by atoms with van der Waals surface area (Å²) in [6.07, 6.45) is 3.74. The Bertz CT molecular complexity index is 621. The van der Waals surface area contributed by atoms with Gasteiger partial charge in [-0.2, -0.15) is 0 Å². The van der Waals surface area contributed by atoms with Gasteiger partial charge in [0.05, 0.1) is 16.5 Å². The lowest BCUT2D eigenvalue weighted by atomic mass is 10.0. The number of aromatic nitrogens is 1. The van der Waals surface area contributed by atoms with Gasteiger partial charge in [-0.3, -0.25) is 4.79 Å². The van der Waals surface area contributed by atoms with Crippen molar-refractivity contribution in [2.24, 2.45) is 0 Å². The van der Waals surface area contributed by atoms with E-state index in [1.165, 1.54) is 18.3 Å². The van der Waals surface area contributed by atoms with Gasteiger partial charge in [0.25, 0.3) is 0 Å². The van der Waals surface area contributed by atoms with Crippen LogP contribution in [0.15, 0.2) is 5.38 Å². The Kier molecular flexibility index (Phi) is 7.20. The van der Waals surface area contributed by atoms with Gasteiger partial charge in [-0.25, -0.2) is 13.4 Å². The van der Waals surface area contributed by atoms with E-state index in [1.807, 2.05) is 20.8 Å². The second-order valence-corrected chi connectivity index (χ2v) is 9.78. The van der Waals surface area contributed by atoms with Crippen molar-refractivity contribution in [1.82, 2.24) is 10.3 Å². The molecule has 0 aliphatic rings. The quantitative estimate of drug-likeness (QED) is 0.734. The third kappa shape index (κ3) is 6.22. The molecular weight excluding hydrogens is 332 g/mol. The van der Waals surface area contributed by atoms with Crippen LogP contribution in [0.5, 0.6) is 0 Å². The van der Waals surface area contributed by atoms with Crippen LogP contribution in [0.3, 0.4) is 0 Å². The minimum absolute atomic E-state index is 0.184. The lowest BCUT2D eigenvalue weighted by Gasteiger charge is -2.26. The average Bonchev–Trinajstić information content (AvgIpc) is 2.90. The maximum Gasteiger partial charge on any atom is 0.238 e. The van der Waals surface area contributed by atoms with Gasteiger partial charge in [0, 0.05) is 10.9 Å². The smallest absolute Gasteiger partial charge is 0.238 e. The number of carbonyl (C=O) groups excluding carboxylic acids is 1. The summed E-state index contributed by atoms with van der Waals surface area (Å²) in [6.45, 7) is 9.26. The molecule has 1 amide bonds. The van der Waals surface area contributed by atoms with Crippen LogP contribution in [0.2, 0.25) is 0 Å². The fourth-order valence-corrected chi connectivity index (χ4v) is 4.02. The highest BCUT2D eigenvalue weighted by Gasteiger charge is 2.31. The molecule has 1 N–H and O–H groups in total. The van der Waals surface area contributed by atoms with Crippen LogP contribution < -0.4 is 5.32 Å². The van der Waals surface area contributed by atoms with Crippen molar-refractivity contribution in [3.63, 3.8) is 0 Å². The predicted molar refractivity (Wildman–Crippen MR) is 95.3 cm³/mol. The number of unbranched alkanes of at least 4 members (excludes halogenated alkanes) is 1. The van der Waals surface area contributed by atoms with Crippen LogP contribution in [-0.4, -0.2) is 30.1 Å². The van der Waals surface area contributed by atoms with E-state index >= 15 is 0 Å². The van der Waals surface area contributed by atoms with Crippen molar-refractivity contribution in [3.05, 3.63) is 16.1 Å². The summed E-state index contributed by atoms with van der Waals surface area (Å²) >= 11 is 1.49. The zero-order valence-corrected chi connectivity index (χ0v) is 16.3. The lowest BCUT2D eigenvalue weighted by Crippen LogP contribution is -2.48. The maximum absolute atomic E-state index is 12.4. The molecule has 0 bridgehead atoms. The second-order valence-electron chi connectivity index (χ2n) is 6.51. The van der Waals surface area contributed by atoms with Crippen LogP contribution >= 0.6 is 11.3 Å². The van der Waals surface area contributed by atoms with E-state index in [1.54, 1.807) is 5.38 Å². The predicted octanol–water partition coefficient (Wildman–Crippen LogP) is 3.09. The summed E-state index contributed by atoms with van der Waals surface area (Å²) in [4.78, 5) is 16.6. The fourth-order valence-electron chi connectivity index (χ4n) is 1.88. The first kappa shape index (κ1) is 20.1. The van der Waals surface area contributed by atoms with Gasteiger partial charge in [0.2, 0.25) is 5.91 Å². The number of amides is 1. The van der Waals surface area contributed by atoms with Gasteiger partial charge in [0.15, 0.2) is 9.84 Å². The minimum atomic E-state index is -3.57. The highest BCUT2D eigenvalue weighted by Crippen LogP contribution is 2.18. The zero-order valence-electron chi connectivity index (χ0n) is 14.7. The Labute approximate surface area is 143 Å². The van der Waals surface area contributed by atoms with Gasteiger partial charge in [-0.1, -0.05) is 20.3 Å². The summed E-state index contributed by atoms with van der Waals surface area (Å²) in [7, 11) is -3.57. The lowest BCUT2D eigenvalue weighted by molar-refractivity contribution is -0.122. The van der Waals surface area contributed by atoms with Crippen molar-refractivity contribution in [3.8, 4) is 0 Å². The molecule has 0 saturated heterocycles. The molecule has 5 nitrogen and oxygen atoms in total. The molecule has 1 aromatic heterocycles. The van der Waals surface area contributed by atoms with Crippen LogP contribution in [0.25, 0.3) is 0 Å². The molecule has 0 aromatic carbocycles. The first-order valence-corrected chi connectivity index (χ1v) is 10.7. The van der Waals surface area contributed by atoms with E-state index in [0.717, 1.165) is 30.7 Å². The molecule has 1 atom stereocenters. The standard InChI is InChI=1S/C16H28N2O3S2/c1-6-8-9-14-17-13(10-22-14)11-23(20,21)12(3)15(19)18-16(4,5)7-2/h10,12H,6-9,11H2,1-5H3,(H,18,19). The molecule has 0 spiro atoms. The Balaban J connectivity index is 2.74. The molecule has 0 radical (unpaired) electrons. The second kappa shape index (κ2) is 8.24. The molecule has 0 aliphatic carbocycles. The molecule has 1 rings (SSSR count). The third-order valence-corrected chi connectivity index (χ3v) is 6.89. The Hall–Kier alpha value is -0.950. The zero-order chi connectivity index (χ0) is 17.7. The van der Waals surface area contributed by atoms with E-state index in [0.29, 0.717) is 5.69 Å². The molecule has 23 heavy (non-hydrogen) atoms. The van der Waals surface area contributed by atoms with Crippen LogP contribution in [-0.2, 0) is 26.8 Å². The number of thiazole rings is 1. The van der Waals surface area contributed by atoms with Gasteiger partial charge in [-0.05, 0) is 40.0 Å². The van der Waals surface area contributed by atoms with Crippen molar-refractivity contribution < 1.29 is 13.2 Å². The van der Waals surface area contributed by atoms with Gasteiger partial charge < -0.3 is 5.32 Å². The number of nitrogens with one attached hydrogen (secondary N) is 1. The molecule has 132 valence electrons. The third-order valence-electron chi connectivity index (χ3n) is 3.95. The summed E-state index contributed by atoms with van der Waals surface area (Å²) in [5, 5.41) is 4.46. The molecule has 7 heteroatoms. The van der Waals surface area contributed by atoms with Crippen LogP contribution in [0.1, 0.15) is 64.6 Å². The van der Waals surface area contributed by atoms with E-state index in [9.17, 15) is 13.2 Å². The Morgan fingerprint density at radius 2 is 2.04 bits per heavy atom. The summed E-state index contributed by atoms with van der Waals surface area (Å²) in [5.74, 6) is -0.630. The normalized spacial score (nSPS) is 13.8. The fraction of sp³-hybridized carbons (Fsp3) is 0.750. The van der Waals surface area contributed by atoms with Crippen molar-refractivity contribution in [2.45, 2.75) is 76.8 Å². The molecule has 0 fully saturated rings. The molecule has 1 aromatic rings. The number of rotatable bonds is 9. The summed E-state index contributed by atoms with van der Waals surface area (Å²) in [6, 6.07) is 0. The van der Waals surface area contributed by atoms with Crippen LogP contribution in [0, 0.1) is 0 Å². The molecule has 0 aliphatic heterocycles. The van der Waals surface area contributed by atoms with E-state index in [-0.39, 0.29) is 5.75 Å². The number of hydrogen-bond donors (Lipinski definition) is 1. The highest BCUT2D eigenvalue weighted by molar-refractivity contribution is 7.92. The van der Waals surface area contributed by atoms with Crippen molar-refractivity contribution >= 4 is 27.1 Å². The minimum Gasteiger partial charge on any atom is -0.350 e. The Morgan fingerprint density at radius 1 is 1.39 bits per heavy atom. The average molecular weight is 361 g/mol. The molecule has 0 saturated carbocycles. The Morgan fingerprint density at radius 3 is 2.61 bits per heavy atom. The SMILES string of the molecule is CCCCc1nc(CS(=O)(=O)C(C)C(=O)NC(C)(C)CC)cs1. The van der Waals surface area contributed by atoms with Gasteiger partial charge in [-0.15, -0.1) is 11.3 Å². The number of hydrogen-bond acceptors (Lipinski definition) is 5. The maximum atomic E-state index is 12.4. The monoisotopic (exact) mass is 360 g/mol. The number of carbonyl (C=O) groups is 1. The van der Waals surface area contributed by atoms with E-state index < -0.39 is 26.5 Å². The first-order chi connectivity index (χ1) is 10.6. The van der Waals surface area contributed by atoms with E-state index in [2.05, 4.69) is 17.2 Å².